The average Bonchev–Trinajstić information content (AvgIpc) is 2.48. The van der Waals surface area contributed by atoms with Gasteiger partial charge in [-0.2, -0.15) is 0 Å². The van der Waals surface area contributed by atoms with E-state index in [4.69, 9.17) is 18.6 Å². The Morgan fingerprint density at radius 2 is 1.44 bits per heavy atom. The van der Waals surface area contributed by atoms with Gasteiger partial charge >= 0.3 is 117 Å². The average molecular weight is 311 g/mol. The molecule has 0 rings (SSSR count). The molecule has 0 saturated carbocycles. The summed E-state index contributed by atoms with van der Waals surface area (Å²) in [6.45, 7) is 28.2. The fourth-order valence-corrected chi connectivity index (χ4v) is 2.04. The molecule has 0 amide bonds. The summed E-state index contributed by atoms with van der Waals surface area (Å²) in [5.74, 6) is 0. The predicted molar refractivity (Wildman–Crippen MR) is 59.3 cm³/mol. The third-order valence-corrected chi connectivity index (χ3v) is 2.94. The van der Waals surface area contributed by atoms with Crippen LogP contribution in [0, 0.1) is 26.6 Å². The van der Waals surface area contributed by atoms with Crippen molar-refractivity contribution in [1.82, 2.24) is 4.67 Å². The van der Waals surface area contributed by atoms with Crippen molar-refractivity contribution in [2.24, 2.45) is 0 Å². The molecule has 0 radical (unpaired) electrons. The van der Waals surface area contributed by atoms with E-state index in [0.29, 0.717) is 6.04 Å². The second kappa shape index (κ2) is 43.9. The minimum atomic E-state index is 0.596. The molecule has 0 spiro atoms. The Hall–Kier alpha value is -0.521. The summed E-state index contributed by atoms with van der Waals surface area (Å²) in [4.78, 5) is 0. The summed E-state index contributed by atoms with van der Waals surface area (Å²) in [5.41, 5.74) is 0. The quantitative estimate of drug-likeness (QED) is 0.252. The van der Waals surface area contributed by atoms with E-state index >= 15 is 0 Å². The Bertz CT molecular complexity index is 224. The number of hydrogen-bond acceptors (Lipinski definition) is 1. The van der Waals surface area contributed by atoms with Crippen molar-refractivity contribution >= 4 is 6.98 Å². The zero-order chi connectivity index (χ0) is 16.0. The standard InChI is InChI=1S/C7H14NP.4CO.Fe/c1-4-5-6-8(9)7(2)3;4*1-2;/h4,7H,1,5-6H2,2-3H3;;;;;. The molecule has 0 aromatic heterocycles. The third kappa shape index (κ3) is 36.1. The van der Waals surface area contributed by atoms with Crippen molar-refractivity contribution in [3.05, 3.63) is 39.3 Å². The molecule has 0 N–H and O–H groups in total. The Balaban J connectivity index is -0.0000000596. The number of rotatable bonds is 5. The van der Waals surface area contributed by atoms with Crippen LogP contribution < -0.4 is 0 Å². The topological polar surface area (TPSA) is 82.8 Å². The monoisotopic (exact) mass is 311 g/mol. The van der Waals surface area contributed by atoms with Crippen LogP contribution in [-0.4, -0.2) is 17.3 Å². The molecule has 7 heteroatoms. The SMILES string of the molecule is C=CCCN([P]=[Fe])C(C)C.[C-]#[O+].[C-]#[O+].[C-]#[O+].[C-]#[O+]. The van der Waals surface area contributed by atoms with Crippen molar-refractivity contribution in [2.75, 3.05) is 6.54 Å². The van der Waals surface area contributed by atoms with Gasteiger partial charge in [0.2, 0.25) is 0 Å². The van der Waals surface area contributed by atoms with Gasteiger partial charge in [0.15, 0.2) is 0 Å². The van der Waals surface area contributed by atoms with E-state index in [1.807, 2.05) is 6.08 Å². The molecular weight excluding hydrogens is 297 g/mol. The van der Waals surface area contributed by atoms with Gasteiger partial charge in [-0.25, -0.2) is 0 Å². The molecule has 5 nitrogen and oxygen atoms in total. The molecule has 0 atom stereocenters. The van der Waals surface area contributed by atoms with Crippen LogP contribution in [0.2, 0.25) is 0 Å². The van der Waals surface area contributed by atoms with Gasteiger partial charge in [-0.05, 0) is 0 Å². The van der Waals surface area contributed by atoms with Gasteiger partial charge in [-0.3, -0.25) is 0 Å². The van der Waals surface area contributed by atoms with Gasteiger partial charge in [0, 0.05) is 0 Å². The maximum absolute atomic E-state index is 7.50. The van der Waals surface area contributed by atoms with E-state index in [9.17, 15) is 0 Å². The molecular formula is C11H14FeNO4P. The van der Waals surface area contributed by atoms with E-state index in [1.165, 1.54) is 0 Å². The molecule has 0 fully saturated rings. The van der Waals surface area contributed by atoms with Crippen molar-refractivity contribution in [3.63, 3.8) is 0 Å². The fraction of sp³-hybridized carbons (Fsp3) is 0.455. The summed E-state index contributed by atoms with van der Waals surface area (Å²) in [5, 5.41) is 0. The Morgan fingerprint density at radius 1 is 1.11 bits per heavy atom. The van der Waals surface area contributed by atoms with Gasteiger partial charge in [0.1, 0.15) is 0 Å². The predicted octanol–water partition coefficient (Wildman–Crippen LogP) is 2.45. The summed E-state index contributed by atoms with van der Waals surface area (Å²) in [6.07, 6.45) is 3.00. The zero-order valence-electron chi connectivity index (χ0n) is 10.2. The van der Waals surface area contributed by atoms with Gasteiger partial charge in [-0.1, -0.05) is 0 Å². The van der Waals surface area contributed by atoms with Crippen molar-refractivity contribution in [3.8, 4) is 0 Å². The number of nitrogens with zero attached hydrogens (tertiary/aromatic N) is 1. The Morgan fingerprint density at radius 3 is 1.61 bits per heavy atom. The van der Waals surface area contributed by atoms with Crippen LogP contribution in [0.5, 0.6) is 0 Å². The maximum atomic E-state index is 7.50. The third-order valence-electron chi connectivity index (χ3n) is 1.25. The Kier molecular flexibility index (Phi) is 74.4. The van der Waals surface area contributed by atoms with Crippen LogP contribution in [0.1, 0.15) is 20.3 Å². The van der Waals surface area contributed by atoms with E-state index < -0.39 is 0 Å². The second-order valence-corrected chi connectivity index (χ2v) is 3.72. The van der Waals surface area contributed by atoms with Crippen LogP contribution in [0.4, 0.5) is 0 Å². The molecule has 18 heavy (non-hydrogen) atoms. The van der Waals surface area contributed by atoms with Gasteiger partial charge in [-0.15, -0.1) is 0 Å². The van der Waals surface area contributed by atoms with E-state index in [1.54, 1.807) is 0 Å². The second-order valence-electron chi connectivity index (χ2n) is 2.40. The van der Waals surface area contributed by atoms with E-state index in [2.05, 4.69) is 66.8 Å². The van der Waals surface area contributed by atoms with Crippen molar-refractivity contribution in [2.45, 2.75) is 26.3 Å². The van der Waals surface area contributed by atoms with Crippen LogP contribution in [0.3, 0.4) is 0 Å². The molecule has 0 aromatic rings. The summed E-state index contributed by atoms with van der Waals surface area (Å²) in [7, 11) is 0. The van der Waals surface area contributed by atoms with E-state index in [-0.39, 0.29) is 0 Å². The fourth-order valence-electron chi connectivity index (χ4n) is 0.599. The summed E-state index contributed by atoms with van der Waals surface area (Å²) < 4.78 is 32.3. The minimum absolute atomic E-state index is 0.596. The van der Waals surface area contributed by atoms with Crippen LogP contribution in [0.25, 0.3) is 0 Å². The Labute approximate surface area is 118 Å². The van der Waals surface area contributed by atoms with E-state index in [0.717, 1.165) is 19.9 Å². The first-order chi connectivity index (χ1) is 8.72. The molecule has 0 unspecified atom stereocenters. The molecule has 100 valence electrons. The first-order valence-corrected chi connectivity index (χ1v) is 6.42. The van der Waals surface area contributed by atoms with Gasteiger partial charge in [0.05, 0.1) is 0 Å². The van der Waals surface area contributed by atoms with Crippen LogP contribution in [-0.2, 0) is 33.7 Å². The zero-order valence-corrected chi connectivity index (χ0v) is 12.2. The van der Waals surface area contributed by atoms with Gasteiger partial charge < -0.3 is 0 Å². The van der Waals surface area contributed by atoms with Crippen molar-refractivity contribution < 1.29 is 33.7 Å². The molecule has 0 aliphatic carbocycles. The van der Waals surface area contributed by atoms with Crippen LogP contribution in [0.15, 0.2) is 12.7 Å². The summed E-state index contributed by atoms with van der Waals surface area (Å²) in [6, 6.07) is 0.596. The van der Waals surface area contributed by atoms with Crippen molar-refractivity contribution in [1.29, 1.82) is 0 Å². The molecule has 0 aromatic carbocycles. The van der Waals surface area contributed by atoms with Crippen LogP contribution >= 0.6 is 6.98 Å². The number of hydrogen-bond donors (Lipinski definition) is 0. The normalized spacial score (nSPS) is 6.72. The molecule has 0 aliphatic heterocycles. The molecule has 0 bridgehead atoms. The molecule has 0 heterocycles. The van der Waals surface area contributed by atoms with Gasteiger partial charge in [0.25, 0.3) is 0 Å². The summed E-state index contributed by atoms with van der Waals surface area (Å²) >= 11 is 3.82. The molecule has 0 aliphatic rings. The first-order valence-electron chi connectivity index (χ1n) is 4.22. The molecule has 0 saturated heterocycles. The first kappa shape index (κ1) is 30.5.